The average molecular weight is 344 g/mol. The van der Waals surface area contributed by atoms with Gasteiger partial charge in [-0.1, -0.05) is 0 Å². The van der Waals surface area contributed by atoms with Gasteiger partial charge in [-0.2, -0.15) is 0 Å². The molecule has 1 aromatic rings. The zero-order chi connectivity index (χ0) is 16.8. The Balaban J connectivity index is 1.29. The summed E-state index contributed by atoms with van der Waals surface area (Å²) in [7, 11) is 0. The Kier molecular flexibility index (Phi) is 3.99. The first kappa shape index (κ1) is 15.7. The van der Waals surface area contributed by atoms with Crippen molar-refractivity contribution in [2.24, 2.45) is 17.8 Å². The van der Waals surface area contributed by atoms with E-state index in [0.717, 1.165) is 31.6 Å². The Morgan fingerprint density at radius 3 is 2.84 bits per heavy atom. The van der Waals surface area contributed by atoms with E-state index < -0.39 is 0 Å². The molecule has 6 nitrogen and oxygen atoms in total. The van der Waals surface area contributed by atoms with E-state index in [4.69, 9.17) is 14.2 Å². The van der Waals surface area contributed by atoms with E-state index in [1.807, 2.05) is 12.1 Å². The molecule has 0 aromatic carbocycles. The number of ether oxygens (including phenoxy) is 3. The van der Waals surface area contributed by atoms with Crippen molar-refractivity contribution in [3.05, 3.63) is 30.1 Å². The van der Waals surface area contributed by atoms with Gasteiger partial charge in [-0.25, -0.2) is 0 Å². The van der Waals surface area contributed by atoms with Crippen LogP contribution >= 0.6 is 0 Å². The third-order valence-corrected chi connectivity index (χ3v) is 6.27. The maximum Gasteiger partial charge on any atom is 0.226 e. The molecule has 2 bridgehead atoms. The van der Waals surface area contributed by atoms with Crippen LogP contribution in [-0.2, 0) is 25.6 Å². The summed E-state index contributed by atoms with van der Waals surface area (Å²) in [4.78, 5) is 19.2. The normalized spacial score (nSPS) is 39.1. The van der Waals surface area contributed by atoms with Gasteiger partial charge in [0.05, 0.1) is 38.6 Å². The smallest absolute Gasteiger partial charge is 0.226 e. The van der Waals surface area contributed by atoms with Crippen LogP contribution in [-0.4, -0.2) is 60.4 Å². The molecule has 1 unspecified atom stereocenters. The van der Waals surface area contributed by atoms with Crippen LogP contribution in [0.15, 0.2) is 24.5 Å². The summed E-state index contributed by atoms with van der Waals surface area (Å²) in [6.45, 7) is 3.34. The molecule has 1 amide bonds. The fourth-order valence-corrected chi connectivity index (χ4v) is 4.85. The van der Waals surface area contributed by atoms with Crippen molar-refractivity contribution in [2.45, 2.75) is 37.7 Å². The number of rotatable bonds is 4. The Morgan fingerprint density at radius 2 is 2.04 bits per heavy atom. The molecule has 0 spiro atoms. The molecule has 6 atom stereocenters. The van der Waals surface area contributed by atoms with Gasteiger partial charge >= 0.3 is 0 Å². The van der Waals surface area contributed by atoms with Crippen molar-refractivity contribution in [3.8, 4) is 0 Å². The van der Waals surface area contributed by atoms with Crippen molar-refractivity contribution in [2.75, 3.05) is 26.4 Å². The highest BCUT2D eigenvalue weighted by Crippen LogP contribution is 2.52. The molecule has 5 rings (SSSR count). The van der Waals surface area contributed by atoms with Crippen molar-refractivity contribution in [3.63, 3.8) is 0 Å². The molecular weight excluding hydrogens is 320 g/mol. The van der Waals surface area contributed by atoms with Gasteiger partial charge in [-0.15, -0.1) is 0 Å². The first-order chi connectivity index (χ1) is 12.3. The van der Waals surface area contributed by atoms with E-state index in [1.54, 1.807) is 12.4 Å². The fourth-order valence-electron chi connectivity index (χ4n) is 4.85. The fraction of sp³-hybridized carbons (Fsp3) is 0.684. The minimum atomic E-state index is -0.0329. The number of hydrogen-bond donors (Lipinski definition) is 0. The van der Waals surface area contributed by atoms with Crippen LogP contribution in [0.25, 0.3) is 0 Å². The van der Waals surface area contributed by atoms with Crippen molar-refractivity contribution < 1.29 is 19.0 Å². The van der Waals surface area contributed by atoms with Crippen LogP contribution in [0.3, 0.4) is 0 Å². The molecule has 2 aliphatic carbocycles. The number of fused-ring (bicyclic) bond motifs is 3. The van der Waals surface area contributed by atoms with Crippen molar-refractivity contribution in [1.82, 2.24) is 9.88 Å². The predicted octanol–water partition coefficient (Wildman–Crippen LogP) is 1.25. The molecule has 25 heavy (non-hydrogen) atoms. The number of nitrogens with zero attached hydrogens (tertiary/aromatic N) is 2. The number of aromatic nitrogens is 1. The highest BCUT2D eigenvalue weighted by Gasteiger charge is 2.60. The largest absolute Gasteiger partial charge is 0.381 e. The Bertz CT molecular complexity index is 630. The van der Waals surface area contributed by atoms with Gasteiger partial charge in [0.15, 0.2) is 0 Å². The minimum Gasteiger partial charge on any atom is -0.381 e. The number of hydrogen-bond acceptors (Lipinski definition) is 5. The third-order valence-electron chi connectivity index (χ3n) is 6.27. The molecule has 6 heteroatoms. The first-order valence-electron chi connectivity index (χ1n) is 9.33. The highest BCUT2D eigenvalue weighted by atomic mass is 16.5. The lowest BCUT2D eigenvalue weighted by molar-refractivity contribution is -0.139. The van der Waals surface area contributed by atoms with Gasteiger partial charge in [0.2, 0.25) is 5.91 Å². The standard InChI is InChI=1S/C19H24N2O4/c22-19(17-13-10-23-11-14(13)17)21-7-8-24-16-2-1-15(21)18(16)25-9-12-3-5-20-6-4-12/h3-6,13-18H,1-2,7-11H2/t13-,14+,15-,16-,17?,18-/m0/s1. The second-order valence-corrected chi connectivity index (χ2v) is 7.61. The molecule has 0 N–H and O–H groups in total. The number of pyridine rings is 1. The Labute approximate surface area is 147 Å². The van der Waals surface area contributed by atoms with Gasteiger partial charge in [0, 0.05) is 24.9 Å². The summed E-state index contributed by atoms with van der Waals surface area (Å²) in [5.74, 6) is 1.37. The molecule has 2 saturated carbocycles. The molecule has 2 aliphatic heterocycles. The van der Waals surface area contributed by atoms with Gasteiger partial charge < -0.3 is 19.1 Å². The van der Waals surface area contributed by atoms with Crippen molar-refractivity contribution >= 4 is 5.91 Å². The number of amides is 1. The van der Waals surface area contributed by atoms with Crippen molar-refractivity contribution in [1.29, 1.82) is 0 Å². The van der Waals surface area contributed by atoms with E-state index in [2.05, 4.69) is 9.88 Å². The molecule has 3 heterocycles. The lowest BCUT2D eigenvalue weighted by Gasteiger charge is -2.32. The summed E-state index contributed by atoms with van der Waals surface area (Å²) < 4.78 is 17.7. The topological polar surface area (TPSA) is 60.9 Å². The van der Waals surface area contributed by atoms with Crippen LogP contribution < -0.4 is 0 Å². The third kappa shape index (κ3) is 2.76. The summed E-state index contributed by atoms with van der Waals surface area (Å²) in [6, 6.07) is 4.07. The second-order valence-electron chi connectivity index (χ2n) is 7.61. The van der Waals surface area contributed by atoms with Crippen LogP contribution in [0.4, 0.5) is 0 Å². The molecular formula is C19H24N2O4. The van der Waals surface area contributed by atoms with Crippen LogP contribution in [0.5, 0.6) is 0 Å². The van der Waals surface area contributed by atoms with Gasteiger partial charge in [-0.3, -0.25) is 9.78 Å². The van der Waals surface area contributed by atoms with Gasteiger partial charge in [0.1, 0.15) is 6.10 Å². The first-order valence-corrected chi connectivity index (χ1v) is 9.33. The predicted molar refractivity (Wildman–Crippen MR) is 88.6 cm³/mol. The molecule has 4 fully saturated rings. The van der Waals surface area contributed by atoms with E-state index in [-0.39, 0.29) is 24.2 Å². The maximum absolute atomic E-state index is 13.1. The lowest BCUT2D eigenvalue weighted by atomic mass is 10.1. The van der Waals surface area contributed by atoms with E-state index in [9.17, 15) is 4.79 Å². The summed E-state index contributed by atoms with van der Waals surface area (Å²) in [6.07, 6.45) is 5.56. The summed E-state index contributed by atoms with van der Waals surface area (Å²) in [5.41, 5.74) is 1.10. The number of carbonyl (C=O) groups is 1. The van der Waals surface area contributed by atoms with E-state index in [0.29, 0.717) is 37.5 Å². The minimum absolute atomic E-state index is 0.0329. The Morgan fingerprint density at radius 1 is 1.24 bits per heavy atom. The highest BCUT2D eigenvalue weighted by molar-refractivity contribution is 5.83. The van der Waals surface area contributed by atoms with Crippen LogP contribution in [0.2, 0.25) is 0 Å². The quantitative estimate of drug-likeness (QED) is 0.823. The second kappa shape index (κ2) is 6.34. The molecule has 1 aromatic heterocycles. The monoisotopic (exact) mass is 344 g/mol. The summed E-state index contributed by atoms with van der Waals surface area (Å²) in [5, 5.41) is 0. The van der Waals surface area contributed by atoms with Crippen LogP contribution in [0, 0.1) is 17.8 Å². The number of carbonyl (C=O) groups excluding carboxylic acids is 1. The maximum atomic E-state index is 13.1. The summed E-state index contributed by atoms with van der Waals surface area (Å²) >= 11 is 0. The van der Waals surface area contributed by atoms with Crippen LogP contribution in [0.1, 0.15) is 18.4 Å². The SMILES string of the molecule is O=C(C1[C@H]2COC[C@@H]12)N1CCO[C@H]2CC[C@H]1[C@@H]2OCc1ccncc1. The molecule has 0 radical (unpaired) electrons. The molecule has 2 saturated heterocycles. The zero-order valence-electron chi connectivity index (χ0n) is 14.3. The molecule has 4 aliphatic rings. The van der Waals surface area contributed by atoms with E-state index in [1.165, 1.54) is 0 Å². The Hall–Kier alpha value is -1.50. The molecule has 134 valence electrons. The van der Waals surface area contributed by atoms with Gasteiger partial charge in [0.25, 0.3) is 0 Å². The van der Waals surface area contributed by atoms with Gasteiger partial charge in [-0.05, 0) is 42.4 Å². The zero-order valence-corrected chi connectivity index (χ0v) is 14.3. The van der Waals surface area contributed by atoms with E-state index >= 15 is 0 Å². The average Bonchev–Trinajstić information content (AvgIpc) is 2.95. The lowest BCUT2D eigenvalue weighted by Crippen LogP contribution is -2.47.